The first-order valence-electron chi connectivity index (χ1n) is 15.6. The van der Waals surface area contributed by atoms with Gasteiger partial charge in [0.25, 0.3) is 0 Å². The summed E-state index contributed by atoms with van der Waals surface area (Å²) in [7, 11) is 0. The van der Waals surface area contributed by atoms with E-state index in [2.05, 4.69) is 15.9 Å². The van der Waals surface area contributed by atoms with Crippen LogP contribution in [-0.2, 0) is 4.79 Å². The molecule has 0 aliphatic heterocycles. The predicted octanol–water partition coefficient (Wildman–Crippen LogP) is 6.22. The molecule has 0 atom stereocenters. The number of fused-ring (bicyclic) bond motifs is 2. The molecule has 0 spiro atoms. The van der Waals surface area contributed by atoms with Crippen LogP contribution in [0.3, 0.4) is 0 Å². The van der Waals surface area contributed by atoms with Crippen molar-refractivity contribution in [2.75, 3.05) is 0 Å². The van der Waals surface area contributed by atoms with Gasteiger partial charge in [-0.1, -0.05) is 29.8 Å². The maximum Gasteiger partial charge on any atom is 0.318 e. The number of carbonyl (C=O) groups excluding carboxylic acids is 2. The summed E-state index contributed by atoms with van der Waals surface area (Å²) in [6, 6.07) is 4.05. The third kappa shape index (κ3) is 3.97. The quantitative estimate of drug-likeness (QED) is 0.0580. The first kappa shape index (κ1) is 32.7. The van der Waals surface area contributed by atoms with E-state index in [1.165, 1.54) is 12.1 Å². The number of hydrogen-bond donors (Lipinski definition) is 8. The number of phenolic OH excluding ortho intramolecular Hbond substituents is 6. The van der Waals surface area contributed by atoms with Gasteiger partial charge in [0.15, 0.2) is 0 Å². The summed E-state index contributed by atoms with van der Waals surface area (Å²) in [5.41, 5.74) is 4.70. The molecular formula is C37H29BrN2O10. The van der Waals surface area contributed by atoms with Crippen LogP contribution in [-0.4, -0.2) is 46.9 Å². The van der Waals surface area contributed by atoms with E-state index in [0.717, 1.165) is 12.1 Å². The smallest absolute Gasteiger partial charge is 0.318 e. The normalized spacial score (nSPS) is 12.3. The van der Waals surface area contributed by atoms with Crippen molar-refractivity contribution in [3.8, 4) is 34.5 Å². The second-order valence-electron chi connectivity index (χ2n) is 12.7. The minimum absolute atomic E-state index is 0.0211. The van der Waals surface area contributed by atoms with Crippen molar-refractivity contribution in [2.45, 2.75) is 44.9 Å². The highest BCUT2D eigenvalue weighted by Gasteiger charge is 2.34. The molecular weight excluding hydrogens is 712 g/mol. The van der Waals surface area contributed by atoms with E-state index in [1.807, 2.05) is 19.2 Å². The fourth-order valence-electron chi connectivity index (χ4n) is 7.77. The Morgan fingerprint density at radius 2 is 0.840 bits per heavy atom. The molecule has 0 bridgehead atoms. The molecule has 9 N–H and O–H groups in total. The lowest BCUT2D eigenvalue weighted by Crippen LogP contribution is -2.46. The number of halogens is 1. The Hall–Kier alpha value is -5.82. The molecule has 0 aromatic heterocycles. The van der Waals surface area contributed by atoms with Gasteiger partial charge in [-0.25, -0.2) is 4.79 Å². The van der Waals surface area contributed by atoms with Crippen molar-refractivity contribution in [3.63, 3.8) is 0 Å². The minimum Gasteiger partial charge on any atom is -0.507 e. The van der Waals surface area contributed by atoms with E-state index in [9.17, 15) is 49.8 Å². The summed E-state index contributed by atoms with van der Waals surface area (Å²) in [4.78, 5) is 49.4. The molecule has 8 rings (SSSR count). The summed E-state index contributed by atoms with van der Waals surface area (Å²) in [5.74, 6) is -2.88. The van der Waals surface area contributed by atoms with Crippen LogP contribution in [0.25, 0.3) is 75.4 Å². The predicted molar refractivity (Wildman–Crippen MR) is 196 cm³/mol. The van der Waals surface area contributed by atoms with Crippen molar-refractivity contribution >= 4 is 103 Å². The molecule has 0 aliphatic rings. The largest absolute Gasteiger partial charge is 0.507 e. The zero-order chi connectivity index (χ0) is 36.5. The highest BCUT2D eigenvalue weighted by atomic mass is 79.9. The molecule has 8 aromatic rings. The van der Waals surface area contributed by atoms with E-state index in [0.29, 0.717) is 56.3 Å². The lowest BCUT2D eigenvalue weighted by Gasteiger charge is -2.25. The van der Waals surface area contributed by atoms with Gasteiger partial charge in [-0.05, 0) is 60.7 Å². The summed E-state index contributed by atoms with van der Waals surface area (Å²) >= 11 is 3.26. The van der Waals surface area contributed by atoms with Crippen molar-refractivity contribution < 1.29 is 40.2 Å². The molecule has 0 saturated heterocycles. The summed E-state index contributed by atoms with van der Waals surface area (Å²) in [5, 5.41) is 70.5. The van der Waals surface area contributed by atoms with E-state index in [1.54, 1.807) is 13.8 Å². The van der Waals surface area contributed by atoms with Gasteiger partial charge < -0.3 is 36.4 Å². The van der Waals surface area contributed by atoms with Gasteiger partial charge in [-0.2, -0.15) is 0 Å². The van der Waals surface area contributed by atoms with Crippen LogP contribution in [0.4, 0.5) is 4.79 Å². The Morgan fingerprint density at radius 1 is 0.560 bits per heavy atom. The van der Waals surface area contributed by atoms with Gasteiger partial charge in [0.2, 0.25) is 16.8 Å². The van der Waals surface area contributed by atoms with Gasteiger partial charge in [-0.3, -0.25) is 19.7 Å². The minimum atomic E-state index is -0.814. The van der Waals surface area contributed by atoms with Crippen LogP contribution in [0.2, 0.25) is 0 Å². The maximum absolute atomic E-state index is 13.9. The lowest BCUT2D eigenvalue weighted by molar-refractivity contribution is -0.122. The third-order valence-electron chi connectivity index (χ3n) is 10.0. The molecule has 254 valence electrons. The van der Waals surface area contributed by atoms with Crippen LogP contribution >= 0.6 is 15.9 Å². The zero-order valence-corrected chi connectivity index (χ0v) is 28.6. The zero-order valence-electron chi connectivity index (χ0n) is 27.0. The maximum atomic E-state index is 13.9. The van der Waals surface area contributed by atoms with E-state index >= 15 is 0 Å². The summed E-state index contributed by atoms with van der Waals surface area (Å²) < 4.78 is -0.665. The fourth-order valence-corrected chi connectivity index (χ4v) is 7.87. The number of benzene rings is 8. The van der Waals surface area contributed by atoms with E-state index in [-0.39, 0.29) is 60.5 Å². The number of alkyl halides is 1. The molecule has 0 aliphatic carbocycles. The first-order valence-corrected chi connectivity index (χ1v) is 16.4. The molecule has 8 aromatic carbocycles. The highest BCUT2D eigenvalue weighted by molar-refractivity contribution is 9.10. The van der Waals surface area contributed by atoms with E-state index < -0.39 is 44.2 Å². The number of nitrogens with two attached hydrogens (primary N) is 1. The van der Waals surface area contributed by atoms with Crippen LogP contribution in [0.1, 0.15) is 37.8 Å². The fraction of sp³-hybridized carbons (Fsp3) is 0.189. The number of carbonyl (C=O) groups is 2. The second kappa shape index (κ2) is 10.6. The Labute approximate surface area is 289 Å². The SMILES string of the molecule is CCC(Br)(CC)C(=O)NC(N)=O.Cc1cc(O)c2c(=O)c3c(O)cc(O)c4c5c(O)cc(O)c6c(=O)c7c(O)cc(C)c8c1c2c(c34)c(c78)c65. The first-order chi connectivity index (χ1) is 23.5. The molecule has 12 nitrogen and oxygen atoms in total. The average molecular weight is 742 g/mol. The Kier molecular flexibility index (Phi) is 6.93. The number of urea groups is 1. The average Bonchev–Trinajstić information content (AvgIpc) is 3.03. The monoisotopic (exact) mass is 740 g/mol. The Balaban J connectivity index is 0.000000283. The number of hydrogen-bond acceptors (Lipinski definition) is 10. The number of amides is 3. The highest BCUT2D eigenvalue weighted by Crippen LogP contribution is 2.57. The molecule has 0 unspecified atom stereocenters. The van der Waals surface area contributed by atoms with E-state index in [4.69, 9.17) is 5.73 Å². The van der Waals surface area contributed by atoms with Gasteiger partial charge in [-0.15, -0.1) is 0 Å². The number of aryl methyl sites for hydroxylation is 2. The summed E-state index contributed by atoms with van der Waals surface area (Å²) in [6.45, 7) is 7.23. The van der Waals surface area contributed by atoms with Gasteiger partial charge in [0.1, 0.15) is 38.8 Å². The number of nitrogens with one attached hydrogen (secondary N) is 1. The third-order valence-corrected chi connectivity index (χ3v) is 11.5. The Bertz CT molecular complexity index is 2560. The molecule has 0 radical (unpaired) electrons. The lowest BCUT2D eigenvalue weighted by atomic mass is 9.78. The molecule has 0 saturated carbocycles. The van der Waals surface area contributed by atoms with Crippen molar-refractivity contribution in [3.05, 3.63) is 55.8 Å². The summed E-state index contributed by atoms with van der Waals surface area (Å²) in [6.07, 6.45) is 1.23. The number of primary amides is 1. The molecule has 0 heterocycles. The van der Waals surface area contributed by atoms with Crippen LogP contribution in [0.5, 0.6) is 34.5 Å². The van der Waals surface area contributed by atoms with Crippen molar-refractivity contribution in [1.82, 2.24) is 5.32 Å². The van der Waals surface area contributed by atoms with Crippen LogP contribution < -0.4 is 21.9 Å². The Morgan fingerprint density at radius 3 is 1.16 bits per heavy atom. The number of imide groups is 1. The second-order valence-corrected chi connectivity index (χ2v) is 14.2. The van der Waals surface area contributed by atoms with Gasteiger partial charge in [0.05, 0.1) is 21.5 Å². The standard InChI is InChI=1S/C30H16O8.C7H13BrN2O2/c1-7-3-9(31)19-23-15(7)16-8(2)4-10(32)20-24(16)28-26-18(12(34)6-14(36)22(26)30(20)38)17-11(33)5-13(35)21(29(19)37)25(17)27(23)28;1-3-7(8,4-2)5(11)10-6(9)12/h3-6,31-36H,1-2H3;3-4H2,1-2H3,(H3,9,10,11,12). The molecule has 0 fully saturated rings. The van der Waals surface area contributed by atoms with Crippen LogP contribution in [0.15, 0.2) is 33.9 Å². The van der Waals surface area contributed by atoms with Crippen LogP contribution in [0, 0.1) is 13.8 Å². The van der Waals surface area contributed by atoms with Crippen molar-refractivity contribution in [2.24, 2.45) is 5.73 Å². The van der Waals surface area contributed by atoms with Gasteiger partial charge in [0, 0.05) is 55.2 Å². The number of phenols is 6. The number of rotatable bonds is 3. The molecule has 50 heavy (non-hydrogen) atoms. The van der Waals surface area contributed by atoms with Gasteiger partial charge >= 0.3 is 6.03 Å². The number of aromatic hydroxyl groups is 6. The molecule has 13 heteroatoms. The molecule has 3 amide bonds. The topological polar surface area (TPSA) is 228 Å². The van der Waals surface area contributed by atoms with Crippen molar-refractivity contribution in [1.29, 1.82) is 0 Å².